The van der Waals surface area contributed by atoms with Gasteiger partial charge in [0, 0.05) is 0 Å². The Hall–Kier alpha value is -1.49. The molecule has 0 fully saturated rings. The van der Waals surface area contributed by atoms with E-state index < -0.39 is 17.2 Å². The molecule has 5 heteroatoms. The normalized spacial score (nSPS) is 13.8. The Morgan fingerprint density at radius 1 is 1.35 bits per heavy atom. The number of carbonyl (C=O) groups is 2. The molecule has 0 saturated heterocycles. The summed E-state index contributed by atoms with van der Waals surface area (Å²) in [5.74, 6) is -0.845. The molecular weight excluding hydrogens is 236 g/mol. The minimum atomic E-state index is -0.673. The fourth-order valence-corrected chi connectivity index (χ4v) is 1.60. The zero-order valence-corrected chi connectivity index (χ0v) is 10.5. The highest BCUT2D eigenvalue weighted by molar-refractivity contribution is 7.81. The van der Waals surface area contributed by atoms with E-state index >= 15 is 0 Å². The highest BCUT2D eigenvalue weighted by Gasteiger charge is 2.18. The number of hydrogen-bond donors (Lipinski definition) is 3. The van der Waals surface area contributed by atoms with Crippen LogP contribution in [0.25, 0.3) is 0 Å². The van der Waals surface area contributed by atoms with Crippen molar-refractivity contribution in [1.82, 2.24) is 5.32 Å². The second-order valence-electron chi connectivity index (χ2n) is 3.84. The number of thiol groups is 1. The van der Waals surface area contributed by atoms with Crippen molar-refractivity contribution in [1.29, 1.82) is 0 Å². The van der Waals surface area contributed by atoms with Crippen molar-refractivity contribution in [3.63, 3.8) is 0 Å². The fraction of sp³-hybridized carbons (Fsp3) is 0.333. The molecule has 0 aliphatic rings. The quantitative estimate of drug-likeness (QED) is 0.668. The van der Waals surface area contributed by atoms with Crippen LogP contribution in [0.5, 0.6) is 0 Å². The van der Waals surface area contributed by atoms with E-state index in [1.165, 1.54) is 0 Å². The average molecular weight is 252 g/mol. The van der Waals surface area contributed by atoms with Crippen LogP contribution in [0.2, 0.25) is 0 Å². The Bertz CT molecular complexity index is 395. The third kappa shape index (κ3) is 4.48. The summed E-state index contributed by atoms with van der Waals surface area (Å²) in [6.45, 7) is 1.54. The molecule has 0 saturated carbocycles. The zero-order chi connectivity index (χ0) is 12.8. The van der Waals surface area contributed by atoms with E-state index in [1.807, 2.05) is 30.3 Å². The van der Waals surface area contributed by atoms with Crippen molar-refractivity contribution >= 4 is 24.4 Å². The summed E-state index contributed by atoms with van der Waals surface area (Å²) in [7, 11) is 0. The Labute approximate surface area is 106 Å². The van der Waals surface area contributed by atoms with E-state index in [0.717, 1.165) is 5.56 Å². The van der Waals surface area contributed by atoms with Gasteiger partial charge in [-0.2, -0.15) is 12.6 Å². The molecule has 0 bridgehead atoms. The second-order valence-corrected chi connectivity index (χ2v) is 4.46. The lowest BCUT2D eigenvalue weighted by atomic mass is 10.1. The first-order valence-electron chi connectivity index (χ1n) is 5.32. The molecule has 2 atom stereocenters. The first-order valence-corrected chi connectivity index (χ1v) is 5.84. The van der Waals surface area contributed by atoms with Gasteiger partial charge in [-0.05, 0) is 18.9 Å². The minimum absolute atomic E-state index is 0.288. The lowest BCUT2D eigenvalue weighted by Gasteiger charge is -2.14. The number of primary amides is 1. The first-order chi connectivity index (χ1) is 8.00. The van der Waals surface area contributed by atoms with E-state index in [2.05, 4.69) is 17.9 Å². The van der Waals surface area contributed by atoms with Gasteiger partial charge in [-0.25, -0.2) is 0 Å². The van der Waals surface area contributed by atoms with E-state index in [-0.39, 0.29) is 5.91 Å². The Kier molecular flexibility index (Phi) is 5.03. The number of rotatable bonds is 5. The van der Waals surface area contributed by atoms with Gasteiger partial charge in [-0.3, -0.25) is 9.59 Å². The number of hydrogen-bond acceptors (Lipinski definition) is 3. The maximum Gasteiger partial charge on any atom is 0.239 e. The molecule has 17 heavy (non-hydrogen) atoms. The van der Waals surface area contributed by atoms with Crippen LogP contribution in [-0.2, 0) is 16.0 Å². The lowest BCUT2D eigenvalue weighted by molar-refractivity contribution is -0.126. The van der Waals surface area contributed by atoms with Crippen molar-refractivity contribution in [2.24, 2.45) is 5.73 Å². The third-order valence-electron chi connectivity index (χ3n) is 2.36. The molecule has 2 unspecified atom stereocenters. The highest BCUT2D eigenvalue weighted by atomic mass is 32.1. The molecule has 3 N–H and O–H groups in total. The van der Waals surface area contributed by atoms with Gasteiger partial charge in [0.25, 0.3) is 0 Å². The van der Waals surface area contributed by atoms with Crippen molar-refractivity contribution in [3.8, 4) is 0 Å². The summed E-state index contributed by atoms with van der Waals surface area (Å²) >= 11 is 4.22. The second kappa shape index (κ2) is 6.30. The summed E-state index contributed by atoms with van der Waals surface area (Å²) in [5, 5.41) is 2.02. The summed E-state index contributed by atoms with van der Waals surface area (Å²) in [5.41, 5.74) is 6.08. The molecule has 0 heterocycles. The monoisotopic (exact) mass is 252 g/mol. The molecule has 0 spiro atoms. The number of carbonyl (C=O) groups excluding carboxylic acids is 2. The van der Waals surface area contributed by atoms with Crippen molar-refractivity contribution < 1.29 is 9.59 Å². The van der Waals surface area contributed by atoms with Crippen LogP contribution >= 0.6 is 12.6 Å². The van der Waals surface area contributed by atoms with Crippen LogP contribution in [0.15, 0.2) is 30.3 Å². The van der Waals surface area contributed by atoms with Gasteiger partial charge in [0.05, 0.1) is 5.25 Å². The number of nitrogens with one attached hydrogen (secondary N) is 1. The third-order valence-corrected chi connectivity index (χ3v) is 2.78. The van der Waals surface area contributed by atoms with Gasteiger partial charge < -0.3 is 11.1 Å². The number of amides is 2. The van der Waals surface area contributed by atoms with Crippen molar-refractivity contribution in [2.75, 3.05) is 0 Å². The molecule has 4 nitrogen and oxygen atoms in total. The van der Waals surface area contributed by atoms with Crippen LogP contribution < -0.4 is 11.1 Å². The van der Waals surface area contributed by atoms with E-state index in [4.69, 9.17) is 5.73 Å². The zero-order valence-electron chi connectivity index (χ0n) is 9.59. The summed E-state index contributed by atoms with van der Waals surface area (Å²) in [4.78, 5) is 22.5. The molecule has 0 aliphatic carbocycles. The molecule has 1 rings (SSSR count). The Morgan fingerprint density at radius 2 is 1.94 bits per heavy atom. The van der Waals surface area contributed by atoms with Gasteiger partial charge in [0.15, 0.2) is 0 Å². The summed E-state index contributed by atoms with van der Waals surface area (Å²) in [6.07, 6.45) is 0.515. The predicted octanol–water partition coefficient (Wildman–Crippen LogP) is 0.517. The smallest absolute Gasteiger partial charge is 0.239 e. The standard InChI is InChI=1S/C12H16N2O2S/c1-8(11(13)15)14-12(16)10(17)7-9-5-3-2-4-6-9/h2-6,8,10,17H,7H2,1H3,(H2,13,15)(H,14,16). The van der Waals surface area contributed by atoms with Gasteiger partial charge in [0.2, 0.25) is 11.8 Å². The molecule has 2 amide bonds. The number of nitrogens with two attached hydrogens (primary N) is 1. The number of benzene rings is 1. The molecule has 0 aromatic heterocycles. The SMILES string of the molecule is CC(NC(=O)C(S)Cc1ccccc1)C(N)=O. The highest BCUT2D eigenvalue weighted by Crippen LogP contribution is 2.07. The van der Waals surface area contributed by atoms with Gasteiger partial charge in [-0.1, -0.05) is 30.3 Å². The van der Waals surface area contributed by atoms with Crippen molar-refractivity contribution in [3.05, 3.63) is 35.9 Å². The largest absolute Gasteiger partial charge is 0.368 e. The molecule has 1 aromatic rings. The maximum atomic E-state index is 11.7. The van der Waals surface area contributed by atoms with Crippen LogP contribution in [0.1, 0.15) is 12.5 Å². The molecule has 0 aliphatic heterocycles. The van der Waals surface area contributed by atoms with Crippen molar-refractivity contribution in [2.45, 2.75) is 24.6 Å². The first kappa shape index (κ1) is 13.6. The minimum Gasteiger partial charge on any atom is -0.368 e. The van der Waals surface area contributed by atoms with Crippen LogP contribution in [0.4, 0.5) is 0 Å². The Morgan fingerprint density at radius 3 is 2.47 bits per heavy atom. The Balaban J connectivity index is 2.50. The van der Waals surface area contributed by atoms with Crippen LogP contribution in [0.3, 0.4) is 0 Å². The summed E-state index contributed by atoms with van der Waals surface area (Å²) < 4.78 is 0. The molecular formula is C12H16N2O2S. The maximum absolute atomic E-state index is 11.7. The van der Waals surface area contributed by atoms with Gasteiger partial charge in [0.1, 0.15) is 6.04 Å². The molecule has 1 aromatic carbocycles. The van der Waals surface area contributed by atoms with Crippen LogP contribution in [-0.4, -0.2) is 23.1 Å². The van der Waals surface area contributed by atoms with E-state index in [1.54, 1.807) is 6.92 Å². The van der Waals surface area contributed by atoms with Crippen LogP contribution in [0, 0.1) is 0 Å². The molecule has 92 valence electrons. The predicted molar refractivity (Wildman–Crippen MR) is 69.7 cm³/mol. The lowest BCUT2D eigenvalue weighted by Crippen LogP contribution is -2.45. The summed E-state index contributed by atoms with van der Waals surface area (Å²) in [6, 6.07) is 8.89. The topological polar surface area (TPSA) is 72.2 Å². The van der Waals surface area contributed by atoms with E-state index in [0.29, 0.717) is 6.42 Å². The fourth-order valence-electron chi connectivity index (χ4n) is 1.31. The molecule has 0 radical (unpaired) electrons. The average Bonchev–Trinajstić information content (AvgIpc) is 2.29. The van der Waals surface area contributed by atoms with Gasteiger partial charge >= 0.3 is 0 Å². The van der Waals surface area contributed by atoms with E-state index in [9.17, 15) is 9.59 Å². The van der Waals surface area contributed by atoms with Gasteiger partial charge in [-0.15, -0.1) is 0 Å².